The van der Waals surface area contributed by atoms with E-state index < -0.39 is 0 Å². The molecule has 0 spiro atoms. The first-order valence-electron chi connectivity index (χ1n) is 5.83. The second-order valence-corrected chi connectivity index (χ2v) is 3.59. The van der Waals surface area contributed by atoms with Crippen LogP contribution in [-0.2, 0) is 9.53 Å². The molecule has 2 heteroatoms. The van der Waals surface area contributed by atoms with Crippen molar-refractivity contribution in [1.82, 2.24) is 0 Å². The molecule has 0 amide bonds. The molecular weight excluding hydrogens is 188 g/mol. The summed E-state index contributed by atoms with van der Waals surface area (Å²) >= 11 is 0. The molecule has 0 radical (unpaired) electrons. The molecule has 0 aromatic rings. The van der Waals surface area contributed by atoms with E-state index in [0.29, 0.717) is 6.42 Å². The molecule has 0 aromatic carbocycles. The number of carbonyl (C=O) groups is 1. The van der Waals surface area contributed by atoms with E-state index in [1.54, 1.807) is 0 Å². The Balaban J connectivity index is 3.16. The summed E-state index contributed by atoms with van der Waals surface area (Å²) in [7, 11) is 1.43. The lowest BCUT2D eigenvalue weighted by molar-refractivity contribution is -0.140. The van der Waals surface area contributed by atoms with Crippen molar-refractivity contribution < 1.29 is 9.53 Å². The largest absolute Gasteiger partial charge is 0.469 e. The van der Waals surface area contributed by atoms with Gasteiger partial charge in [-0.3, -0.25) is 4.79 Å². The maximum atomic E-state index is 10.8. The van der Waals surface area contributed by atoms with Gasteiger partial charge in [-0.05, 0) is 19.3 Å². The summed E-state index contributed by atoms with van der Waals surface area (Å²) in [5.74, 6) is 6.20. The van der Waals surface area contributed by atoms with Crippen molar-refractivity contribution >= 4 is 5.97 Å². The molecule has 0 atom stereocenters. The van der Waals surface area contributed by atoms with E-state index >= 15 is 0 Å². The molecule has 0 N–H and O–H groups in total. The van der Waals surface area contributed by atoms with Gasteiger partial charge in [0.05, 0.1) is 7.11 Å². The Morgan fingerprint density at radius 2 is 1.73 bits per heavy atom. The number of ether oxygens (including phenoxy) is 1. The van der Waals surface area contributed by atoms with Crippen molar-refractivity contribution in [3.05, 3.63) is 0 Å². The third kappa shape index (κ3) is 11.0. The topological polar surface area (TPSA) is 26.3 Å². The summed E-state index contributed by atoms with van der Waals surface area (Å²) in [5.41, 5.74) is 0. The average molecular weight is 210 g/mol. The molecule has 0 unspecified atom stereocenters. The van der Waals surface area contributed by atoms with Crippen LogP contribution in [0.3, 0.4) is 0 Å². The van der Waals surface area contributed by atoms with Gasteiger partial charge in [-0.25, -0.2) is 0 Å². The van der Waals surface area contributed by atoms with Gasteiger partial charge in [0.15, 0.2) is 0 Å². The van der Waals surface area contributed by atoms with Crippen LogP contribution in [0, 0.1) is 11.8 Å². The highest BCUT2D eigenvalue weighted by Gasteiger charge is 1.97. The Morgan fingerprint density at radius 1 is 1.07 bits per heavy atom. The summed E-state index contributed by atoms with van der Waals surface area (Å²) in [6.45, 7) is 2.18. The zero-order valence-corrected chi connectivity index (χ0v) is 9.97. The molecular formula is C13H22O2. The summed E-state index contributed by atoms with van der Waals surface area (Å²) in [4.78, 5) is 10.8. The molecule has 15 heavy (non-hydrogen) atoms. The van der Waals surface area contributed by atoms with E-state index in [2.05, 4.69) is 23.5 Å². The lowest BCUT2D eigenvalue weighted by Gasteiger charge is -1.97. The van der Waals surface area contributed by atoms with Crippen molar-refractivity contribution in [1.29, 1.82) is 0 Å². The third-order valence-corrected chi connectivity index (χ3v) is 2.19. The van der Waals surface area contributed by atoms with Gasteiger partial charge in [0.1, 0.15) is 0 Å². The molecule has 0 heterocycles. The highest BCUT2D eigenvalue weighted by molar-refractivity contribution is 5.68. The predicted octanol–water partition coefficient (Wildman–Crippen LogP) is 3.30. The van der Waals surface area contributed by atoms with Gasteiger partial charge in [0.25, 0.3) is 0 Å². The fourth-order valence-electron chi connectivity index (χ4n) is 1.20. The molecule has 0 aliphatic carbocycles. The van der Waals surface area contributed by atoms with Crippen molar-refractivity contribution in [3.63, 3.8) is 0 Å². The van der Waals surface area contributed by atoms with Crippen LogP contribution in [0.5, 0.6) is 0 Å². The van der Waals surface area contributed by atoms with E-state index in [-0.39, 0.29) is 5.97 Å². The fraction of sp³-hybridized carbons (Fsp3) is 0.769. The van der Waals surface area contributed by atoms with Crippen molar-refractivity contribution in [2.75, 3.05) is 7.11 Å². The Kier molecular flexibility index (Phi) is 10.4. The van der Waals surface area contributed by atoms with E-state index in [1.165, 1.54) is 20.0 Å². The van der Waals surface area contributed by atoms with Crippen molar-refractivity contribution in [3.8, 4) is 11.8 Å². The van der Waals surface area contributed by atoms with E-state index in [1.807, 2.05) is 0 Å². The Morgan fingerprint density at radius 3 is 2.33 bits per heavy atom. The van der Waals surface area contributed by atoms with Gasteiger partial charge in [-0.15, -0.1) is 11.8 Å². The highest BCUT2D eigenvalue weighted by Crippen LogP contribution is 2.03. The summed E-state index contributed by atoms with van der Waals surface area (Å²) in [6.07, 6.45) is 8.03. The first-order chi connectivity index (χ1) is 7.31. The number of esters is 1. The maximum absolute atomic E-state index is 10.8. The molecule has 86 valence electrons. The minimum absolute atomic E-state index is 0.107. The third-order valence-electron chi connectivity index (χ3n) is 2.19. The molecule has 0 bridgehead atoms. The molecule has 2 nitrogen and oxygen atoms in total. The zero-order chi connectivity index (χ0) is 11.4. The second kappa shape index (κ2) is 11.1. The number of unbranched alkanes of at least 4 members (excludes halogenated alkanes) is 5. The van der Waals surface area contributed by atoms with Gasteiger partial charge < -0.3 is 4.74 Å². The van der Waals surface area contributed by atoms with Crippen LogP contribution in [-0.4, -0.2) is 13.1 Å². The molecule has 0 aliphatic rings. The van der Waals surface area contributed by atoms with Gasteiger partial charge in [-0.1, -0.05) is 19.8 Å². The number of hydrogen-bond donors (Lipinski definition) is 0. The summed E-state index contributed by atoms with van der Waals surface area (Å²) < 4.78 is 4.56. The first kappa shape index (κ1) is 14.0. The van der Waals surface area contributed by atoms with E-state index in [0.717, 1.165) is 32.1 Å². The monoisotopic (exact) mass is 210 g/mol. The summed E-state index contributed by atoms with van der Waals surface area (Å²) in [6, 6.07) is 0. The summed E-state index contributed by atoms with van der Waals surface area (Å²) in [5, 5.41) is 0. The van der Waals surface area contributed by atoms with Crippen LogP contribution in [0.2, 0.25) is 0 Å². The molecule has 0 aliphatic heterocycles. The smallest absolute Gasteiger partial charge is 0.305 e. The Hall–Kier alpha value is -0.970. The van der Waals surface area contributed by atoms with E-state index in [4.69, 9.17) is 0 Å². The standard InChI is InChI=1S/C13H22O2/c1-3-4-5-6-7-8-9-10-11-12-13(14)15-2/h3-5,8-12H2,1-2H3. The van der Waals surface area contributed by atoms with Crippen LogP contribution in [0.4, 0.5) is 0 Å². The Bertz CT molecular complexity index is 210. The minimum atomic E-state index is -0.107. The molecule has 0 fully saturated rings. The second-order valence-electron chi connectivity index (χ2n) is 3.59. The van der Waals surface area contributed by atoms with Crippen LogP contribution in [0.15, 0.2) is 0 Å². The van der Waals surface area contributed by atoms with Gasteiger partial charge in [0.2, 0.25) is 0 Å². The minimum Gasteiger partial charge on any atom is -0.469 e. The normalized spacial score (nSPS) is 9.20. The van der Waals surface area contributed by atoms with Crippen LogP contribution in [0.25, 0.3) is 0 Å². The molecule has 0 rings (SSSR count). The first-order valence-corrected chi connectivity index (χ1v) is 5.83. The van der Waals surface area contributed by atoms with Gasteiger partial charge >= 0.3 is 5.97 Å². The van der Waals surface area contributed by atoms with Crippen molar-refractivity contribution in [2.45, 2.75) is 58.3 Å². The van der Waals surface area contributed by atoms with Crippen LogP contribution < -0.4 is 0 Å². The number of hydrogen-bond acceptors (Lipinski definition) is 2. The maximum Gasteiger partial charge on any atom is 0.305 e. The van der Waals surface area contributed by atoms with Crippen LogP contribution >= 0.6 is 0 Å². The predicted molar refractivity (Wildman–Crippen MR) is 62.4 cm³/mol. The van der Waals surface area contributed by atoms with Crippen LogP contribution in [0.1, 0.15) is 58.3 Å². The highest BCUT2D eigenvalue weighted by atomic mass is 16.5. The number of rotatable bonds is 7. The zero-order valence-electron chi connectivity index (χ0n) is 9.97. The Labute approximate surface area is 93.4 Å². The molecule has 0 saturated carbocycles. The molecule has 0 saturated heterocycles. The van der Waals surface area contributed by atoms with Crippen molar-refractivity contribution in [2.24, 2.45) is 0 Å². The quantitative estimate of drug-likeness (QED) is 0.366. The van der Waals surface area contributed by atoms with Gasteiger partial charge in [-0.2, -0.15) is 0 Å². The van der Waals surface area contributed by atoms with E-state index in [9.17, 15) is 4.79 Å². The average Bonchev–Trinajstić information content (AvgIpc) is 2.26. The lowest BCUT2D eigenvalue weighted by atomic mass is 10.1. The number of methoxy groups -OCH3 is 1. The fourth-order valence-corrected chi connectivity index (χ4v) is 1.20. The molecule has 0 aromatic heterocycles. The number of carbonyl (C=O) groups excluding carboxylic acids is 1. The lowest BCUT2D eigenvalue weighted by Crippen LogP contribution is -1.98. The SMILES string of the molecule is CCCCC#CCCCCCC(=O)OC. The van der Waals surface area contributed by atoms with Gasteiger partial charge in [0, 0.05) is 19.3 Å².